The lowest BCUT2D eigenvalue weighted by Crippen LogP contribution is -2.26. The summed E-state index contributed by atoms with van der Waals surface area (Å²) in [7, 11) is 1.55. The molecule has 1 saturated heterocycles. The molecule has 5 heteroatoms. The van der Waals surface area contributed by atoms with E-state index < -0.39 is 0 Å². The molecule has 1 unspecified atom stereocenters. The number of carbonyl (C=O) groups excluding carboxylic acids is 1. The summed E-state index contributed by atoms with van der Waals surface area (Å²) in [4.78, 5) is 16.8. The molecule has 0 saturated carbocycles. The zero-order valence-electron chi connectivity index (χ0n) is 12.7. The summed E-state index contributed by atoms with van der Waals surface area (Å²) in [6.45, 7) is 2.30. The van der Waals surface area contributed by atoms with Gasteiger partial charge in [0.25, 0.3) is 5.91 Å². The maximum atomic E-state index is 12.5. The minimum atomic E-state index is -0.0872. The van der Waals surface area contributed by atoms with Crippen LogP contribution in [0.4, 0.5) is 0 Å². The summed E-state index contributed by atoms with van der Waals surface area (Å²) in [5.74, 6) is 0.924. The quantitative estimate of drug-likeness (QED) is 0.921. The van der Waals surface area contributed by atoms with E-state index in [0.29, 0.717) is 23.9 Å². The van der Waals surface area contributed by atoms with Gasteiger partial charge >= 0.3 is 0 Å². The third-order valence-electron chi connectivity index (χ3n) is 4.01. The van der Waals surface area contributed by atoms with Gasteiger partial charge in [-0.25, -0.2) is 4.98 Å². The lowest BCUT2D eigenvalue weighted by atomic mass is 10.0. The largest absolute Gasteiger partial charge is 0.481 e. The Labute approximate surface area is 129 Å². The van der Waals surface area contributed by atoms with Crippen LogP contribution in [-0.4, -0.2) is 37.8 Å². The van der Waals surface area contributed by atoms with Crippen LogP contribution in [0.2, 0.25) is 0 Å². The van der Waals surface area contributed by atoms with Crippen molar-refractivity contribution in [3.05, 3.63) is 35.9 Å². The fraction of sp³-hybridized carbons (Fsp3) is 0.412. The topological polar surface area (TPSA) is 60.5 Å². The Morgan fingerprint density at radius 2 is 2.32 bits per heavy atom. The zero-order valence-corrected chi connectivity index (χ0v) is 12.7. The smallest absolute Gasteiger partial charge is 0.252 e. The molecule has 1 aromatic heterocycles. The highest BCUT2D eigenvalue weighted by atomic mass is 16.5. The van der Waals surface area contributed by atoms with Crippen molar-refractivity contribution < 1.29 is 14.3 Å². The summed E-state index contributed by atoms with van der Waals surface area (Å²) < 4.78 is 10.5. The van der Waals surface area contributed by atoms with Gasteiger partial charge in [-0.1, -0.05) is 18.2 Å². The van der Waals surface area contributed by atoms with Crippen LogP contribution in [0.5, 0.6) is 5.88 Å². The van der Waals surface area contributed by atoms with Crippen LogP contribution in [0.3, 0.4) is 0 Å². The van der Waals surface area contributed by atoms with Crippen LogP contribution in [0.1, 0.15) is 23.2 Å². The van der Waals surface area contributed by atoms with E-state index in [4.69, 9.17) is 9.47 Å². The van der Waals surface area contributed by atoms with E-state index >= 15 is 0 Å². The van der Waals surface area contributed by atoms with Crippen LogP contribution in [0.25, 0.3) is 10.9 Å². The number of fused-ring (bicyclic) bond motifs is 1. The number of nitrogens with zero attached hydrogens (tertiary/aromatic N) is 1. The van der Waals surface area contributed by atoms with Gasteiger partial charge < -0.3 is 14.8 Å². The highest BCUT2D eigenvalue weighted by Gasteiger charge is 2.17. The molecule has 22 heavy (non-hydrogen) atoms. The highest BCUT2D eigenvalue weighted by molar-refractivity contribution is 6.06. The summed E-state index contributed by atoms with van der Waals surface area (Å²) in [5.41, 5.74) is 1.36. The van der Waals surface area contributed by atoms with Gasteiger partial charge in [0, 0.05) is 31.2 Å². The van der Waals surface area contributed by atoms with Gasteiger partial charge in [-0.3, -0.25) is 4.79 Å². The van der Waals surface area contributed by atoms with Gasteiger partial charge in [-0.2, -0.15) is 0 Å². The second kappa shape index (κ2) is 6.75. The average Bonchev–Trinajstić information content (AvgIpc) is 3.07. The number of nitrogens with one attached hydrogen (secondary N) is 1. The van der Waals surface area contributed by atoms with Gasteiger partial charge in [0.05, 0.1) is 18.2 Å². The van der Waals surface area contributed by atoms with E-state index in [1.165, 1.54) is 0 Å². The standard InChI is InChI=1S/C17H20N2O3/c1-21-16-10-14(13-4-2-3-5-15(13)19-16)17(20)18-8-6-12-7-9-22-11-12/h2-5,10,12H,6-9,11H2,1H3,(H,18,20). The Morgan fingerprint density at radius 1 is 1.45 bits per heavy atom. The lowest BCUT2D eigenvalue weighted by molar-refractivity contribution is 0.0951. The van der Waals surface area contributed by atoms with Gasteiger partial charge in [0.15, 0.2) is 0 Å². The number of aromatic nitrogens is 1. The molecule has 1 aliphatic heterocycles. The maximum absolute atomic E-state index is 12.5. The van der Waals surface area contributed by atoms with Crippen LogP contribution in [-0.2, 0) is 4.74 Å². The van der Waals surface area contributed by atoms with Crippen molar-refractivity contribution in [1.29, 1.82) is 0 Å². The Bertz CT molecular complexity index is 666. The number of benzene rings is 1. The van der Waals surface area contributed by atoms with E-state index in [1.807, 2.05) is 24.3 Å². The molecule has 1 aliphatic rings. The summed E-state index contributed by atoms with van der Waals surface area (Å²) in [5, 5.41) is 3.83. The van der Waals surface area contributed by atoms with Crippen molar-refractivity contribution in [2.75, 3.05) is 26.9 Å². The molecule has 3 rings (SSSR count). The molecule has 2 aromatic rings. The minimum absolute atomic E-state index is 0.0872. The summed E-state index contributed by atoms with van der Waals surface area (Å²) in [6.07, 6.45) is 2.04. The molecular formula is C17H20N2O3. The molecule has 0 bridgehead atoms. The van der Waals surface area contributed by atoms with Gasteiger partial charge in [-0.05, 0) is 24.8 Å². The SMILES string of the molecule is COc1cc(C(=O)NCCC2CCOC2)c2ccccc2n1. The fourth-order valence-corrected chi connectivity index (χ4v) is 2.74. The highest BCUT2D eigenvalue weighted by Crippen LogP contribution is 2.22. The first-order valence-corrected chi connectivity index (χ1v) is 7.57. The first kappa shape index (κ1) is 14.8. The Balaban J connectivity index is 1.74. The van der Waals surface area contributed by atoms with Crippen LogP contribution in [0.15, 0.2) is 30.3 Å². The molecule has 2 heterocycles. The summed E-state index contributed by atoms with van der Waals surface area (Å²) in [6, 6.07) is 9.28. The fourth-order valence-electron chi connectivity index (χ4n) is 2.74. The molecule has 116 valence electrons. The predicted octanol–water partition coefficient (Wildman–Crippen LogP) is 2.40. The number of amides is 1. The minimum Gasteiger partial charge on any atom is -0.481 e. The molecule has 0 spiro atoms. The van der Waals surface area contributed by atoms with Crippen LogP contribution < -0.4 is 10.1 Å². The third-order valence-corrected chi connectivity index (χ3v) is 4.01. The monoisotopic (exact) mass is 300 g/mol. The number of carbonyl (C=O) groups is 1. The lowest BCUT2D eigenvalue weighted by Gasteiger charge is -2.11. The molecule has 0 aliphatic carbocycles. The Morgan fingerprint density at radius 3 is 3.09 bits per heavy atom. The van der Waals surface area contributed by atoms with Crippen molar-refractivity contribution >= 4 is 16.8 Å². The van der Waals surface area contributed by atoms with Gasteiger partial charge in [0.1, 0.15) is 0 Å². The second-order valence-corrected chi connectivity index (χ2v) is 5.50. The third kappa shape index (κ3) is 3.20. The number of hydrogen-bond acceptors (Lipinski definition) is 4. The first-order chi connectivity index (χ1) is 10.8. The van der Waals surface area contributed by atoms with E-state index in [1.54, 1.807) is 13.2 Å². The molecule has 1 aromatic carbocycles. The number of hydrogen-bond donors (Lipinski definition) is 1. The van der Waals surface area contributed by atoms with E-state index in [9.17, 15) is 4.79 Å². The molecular weight excluding hydrogens is 280 g/mol. The van der Waals surface area contributed by atoms with Crippen molar-refractivity contribution in [3.8, 4) is 5.88 Å². The van der Waals surface area contributed by atoms with Gasteiger partial charge in [-0.15, -0.1) is 0 Å². The molecule has 1 amide bonds. The molecule has 1 N–H and O–H groups in total. The molecule has 5 nitrogen and oxygen atoms in total. The molecule has 0 radical (unpaired) electrons. The molecule has 1 fully saturated rings. The predicted molar refractivity (Wildman–Crippen MR) is 84.2 cm³/mol. The Hall–Kier alpha value is -2.14. The normalized spacial score (nSPS) is 17.6. The number of ether oxygens (including phenoxy) is 2. The first-order valence-electron chi connectivity index (χ1n) is 7.57. The van der Waals surface area contributed by atoms with Crippen molar-refractivity contribution in [1.82, 2.24) is 10.3 Å². The van der Waals surface area contributed by atoms with E-state index in [-0.39, 0.29) is 5.91 Å². The Kier molecular flexibility index (Phi) is 4.53. The number of methoxy groups -OCH3 is 1. The zero-order chi connectivity index (χ0) is 15.4. The maximum Gasteiger partial charge on any atom is 0.252 e. The molecule has 1 atom stereocenters. The van der Waals surface area contributed by atoms with E-state index in [0.717, 1.165) is 37.0 Å². The van der Waals surface area contributed by atoms with Crippen molar-refractivity contribution in [3.63, 3.8) is 0 Å². The number of pyridine rings is 1. The second-order valence-electron chi connectivity index (χ2n) is 5.50. The van der Waals surface area contributed by atoms with E-state index in [2.05, 4.69) is 10.3 Å². The number of rotatable bonds is 5. The van der Waals surface area contributed by atoms with Crippen LogP contribution in [0, 0.1) is 5.92 Å². The van der Waals surface area contributed by atoms with Gasteiger partial charge in [0.2, 0.25) is 5.88 Å². The summed E-state index contributed by atoms with van der Waals surface area (Å²) >= 11 is 0. The van der Waals surface area contributed by atoms with Crippen molar-refractivity contribution in [2.45, 2.75) is 12.8 Å². The number of para-hydroxylation sites is 1. The van der Waals surface area contributed by atoms with Crippen LogP contribution >= 0.6 is 0 Å². The van der Waals surface area contributed by atoms with Crippen molar-refractivity contribution in [2.24, 2.45) is 5.92 Å². The average molecular weight is 300 g/mol.